The molecule has 0 spiro atoms. The van der Waals surface area contributed by atoms with Crippen LogP contribution in [0.2, 0.25) is 5.15 Å². The van der Waals surface area contributed by atoms with Gasteiger partial charge in [-0.05, 0) is 24.3 Å². The summed E-state index contributed by atoms with van der Waals surface area (Å²) in [7, 11) is 0. The molecule has 1 N–H and O–H groups in total. The quantitative estimate of drug-likeness (QED) is 0.835. The van der Waals surface area contributed by atoms with Gasteiger partial charge in [-0.2, -0.15) is 4.39 Å². The van der Waals surface area contributed by atoms with E-state index in [4.69, 9.17) is 11.6 Å². The van der Waals surface area contributed by atoms with Gasteiger partial charge in [0.25, 0.3) is 5.91 Å². The van der Waals surface area contributed by atoms with Gasteiger partial charge in [0.1, 0.15) is 5.15 Å². The van der Waals surface area contributed by atoms with Crippen molar-refractivity contribution in [3.8, 4) is 0 Å². The van der Waals surface area contributed by atoms with Gasteiger partial charge in [-0.3, -0.25) is 4.79 Å². The van der Waals surface area contributed by atoms with Crippen molar-refractivity contribution >= 4 is 23.2 Å². The molecule has 4 nitrogen and oxygen atoms in total. The Kier molecular flexibility index (Phi) is 3.30. The van der Waals surface area contributed by atoms with Crippen molar-refractivity contribution in [1.29, 1.82) is 0 Å². The predicted octanol–water partition coefficient (Wildman–Crippen LogP) is 2.52. The van der Waals surface area contributed by atoms with E-state index in [2.05, 4.69) is 15.3 Å². The second-order valence-electron chi connectivity index (χ2n) is 3.19. The molecule has 2 heterocycles. The fraction of sp³-hybridized carbons (Fsp3) is 0. The van der Waals surface area contributed by atoms with Crippen molar-refractivity contribution < 1.29 is 9.18 Å². The third kappa shape index (κ3) is 2.98. The summed E-state index contributed by atoms with van der Waals surface area (Å²) in [4.78, 5) is 18.9. The molecule has 0 bridgehead atoms. The monoisotopic (exact) mass is 251 g/mol. The molecule has 2 aromatic rings. The normalized spacial score (nSPS) is 10.0. The summed E-state index contributed by atoms with van der Waals surface area (Å²) in [6, 6.07) is 5.58. The highest BCUT2D eigenvalue weighted by Gasteiger charge is 2.06. The molecule has 0 radical (unpaired) electrons. The van der Waals surface area contributed by atoms with Crippen molar-refractivity contribution in [2.75, 3.05) is 5.32 Å². The molecule has 0 saturated carbocycles. The zero-order valence-corrected chi connectivity index (χ0v) is 9.28. The number of nitrogens with one attached hydrogen (secondary N) is 1. The number of pyridine rings is 2. The van der Waals surface area contributed by atoms with Crippen molar-refractivity contribution in [2.24, 2.45) is 0 Å². The number of halogens is 2. The van der Waals surface area contributed by atoms with Gasteiger partial charge < -0.3 is 5.32 Å². The van der Waals surface area contributed by atoms with Crippen LogP contribution in [0.1, 0.15) is 10.4 Å². The van der Waals surface area contributed by atoms with E-state index in [0.29, 0.717) is 5.69 Å². The van der Waals surface area contributed by atoms with E-state index in [0.717, 1.165) is 12.3 Å². The zero-order valence-electron chi connectivity index (χ0n) is 8.52. The molecule has 17 heavy (non-hydrogen) atoms. The minimum absolute atomic E-state index is 0.263. The Balaban J connectivity index is 2.14. The van der Waals surface area contributed by atoms with Crippen LogP contribution in [0.15, 0.2) is 36.7 Å². The lowest BCUT2D eigenvalue weighted by atomic mass is 10.2. The molecule has 0 atom stereocenters. The standard InChI is InChI=1S/C11H7ClFN3O/c12-9-5-8(3-4-14-9)16-11(17)7-1-2-10(13)15-6-7/h1-6H,(H,14,16,17). The van der Waals surface area contributed by atoms with Crippen LogP contribution in [0, 0.1) is 5.95 Å². The minimum atomic E-state index is -0.631. The highest BCUT2D eigenvalue weighted by Crippen LogP contribution is 2.13. The van der Waals surface area contributed by atoms with Crippen molar-refractivity contribution in [3.63, 3.8) is 0 Å². The summed E-state index contributed by atoms with van der Waals surface area (Å²) >= 11 is 5.67. The van der Waals surface area contributed by atoms with Gasteiger partial charge in [-0.15, -0.1) is 0 Å². The van der Waals surface area contributed by atoms with Gasteiger partial charge in [0.05, 0.1) is 5.56 Å². The lowest BCUT2D eigenvalue weighted by molar-refractivity contribution is 0.102. The number of carbonyl (C=O) groups excluding carboxylic acids is 1. The first-order chi connectivity index (χ1) is 8.15. The average molecular weight is 252 g/mol. The first-order valence-corrected chi connectivity index (χ1v) is 5.07. The fourth-order valence-electron chi connectivity index (χ4n) is 1.19. The summed E-state index contributed by atoms with van der Waals surface area (Å²) in [5.41, 5.74) is 0.777. The molecule has 2 rings (SSSR count). The van der Waals surface area contributed by atoms with Gasteiger partial charge >= 0.3 is 0 Å². The van der Waals surface area contributed by atoms with E-state index in [1.807, 2.05) is 0 Å². The summed E-state index contributed by atoms with van der Waals surface area (Å²) in [5.74, 6) is -1.02. The lowest BCUT2D eigenvalue weighted by Crippen LogP contribution is -2.12. The number of nitrogens with zero attached hydrogens (tertiary/aromatic N) is 2. The summed E-state index contributed by atoms with van der Waals surface area (Å²) in [6.07, 6.45) is 2.63. The third-order valence-corrected chi connectivity index (χ3v) is 2.18. The second kappa shape index (κ2) is 4.88. The Morgan fingerprint density at radius 2 is 2.12 bits per heavy atom. The molecule has 0 aliphatic heterocycles. The summed E-state index contributed by atoms with van der Waals surface area (Å²) < 4.78 is 12.6. The van der Waals surface area contributed by atoms with E-state index in [-0.39, 0.29) is 16.6 Å². The Bertz CT molecular complexity index is 545. The minimum Gasteiger partial charge on any atom is -0.322 e. The number of hydrogen-bond acceptors (Lipinski definition) is 3. The molecule has 0 aliphatic carbocycles. The van der Waals surface area contributed by atoms with Gasteiger partial charge in [-0.1, -0.05) is 11.6 Å². The SMILES string of the molecule is O=C(Nc1ccnc(Cl)c1)c1ccc(F)nc1. The highest BCUT2D eigenvalue weighted by molar-refractivity contribution is 6.29. The lowest BCUT2D eigenvalue weighted by Gasteiger charge is -2.04. The van der Waals surface area contributed by atoms with Crippen LogP contribution in [0.25, 0.3) is 0 Å². The molecule has 0 fully saturated rings. The number of aromatic nitrogens is 2. The molecular formula is C11H7ClFN3O. The predicted molar refractivity (Wildman–Crippen MR) is 61.4 cm³/mol. The van der Waals surface area contributed by atoms with E-state index in [1.54, 1.807) is 6.07 Å². The smallest absolute Gasteiger partial charge is 0.257 e. The molecule has 0 unspecified atom stereocenters. The first-order valence-electron chi connectivity index (χ1n) is 4.69. The average Bonchev–Trinajstić information content (AvgIpc) is 2.29. The number of anilines is 1. The Morgan fingerprint density at radius 1 is 1.29 bits per heavy atom. The number of rotatable bonds is 2. The highest BCUT2D eigenvalue weighted by atomic mass is 35.5. The molecule has 0 aliphatic rings. The van der Waals surface area contributed by atoms with Gasteiger partial charge in [0.15, 0.2) is 0 Å². The summed E-state index contributed by atoms with van der Waals surface area (Å²) in [5, 5.41) is 2.87. The van der Waals surface area contributed by atoms with E-state index in [1.165, 1.54) is 18.3 Å². The van der Waals surface area contributed by atoms with Gasteiger partial charge in [0.2, 0.25) is 5.95 Å². The Hall–Kier alpha value is -2.01. The van der Waals surface area contributed by atoms with Crippen molar-refractivity contribution in [3.05, 3.63) is 53.3 Å². The zero-order chi connectivity index (χ0) is 12.3. The largest absolute Gasteiger partial charge is 0.322 e. The number of amides is 1. The van der Waals surface area contributed by atoms with Crippen LogP contribution in [0.3, 0.4) is 0 Å². The Labute approximate surface area is 101 Å². The fourth-order valence-corrected chi connectivity index (χ4v) is 1.37. The molecule has 6 heteroatoms. The molecular weight excluding hydrogens is 245 g/mol. The van der Waals surface area contributed by atoms with Gasteiger partial charge in [-0.25, -0.2) is 9.97 Å². The maximum atomic E-state index is 12.6. The van der Waals surface area contributed by atoms with Crippen LogP contribution in [-0.4, -0.2) is 15.9 Å². The van der Waals surface area contributed by atoms with Crippen LogP contribution in [0.5, 0.6) is 0 Å². The van der Waals surface area contributed by atoms with Crippen LogP contribution in [0.4, 0.5) is 10.1 Å². The van der Waals surface area contributed by atoms with Crippen molar-refractivity contribution in [2.45, 2.75) is 0 Å². The maximum Gasteiger partial charge on any atom is 0.257 e. The van der Waals surface area contributed by atoms with Crippen LogP contribution >= 0.6 is 11.6 Å². The molecule has 1 amide bonds. The van der Waals surface area contributed by atoms with Crippen LogP contribution < -0.4 is 5.32 Å². The molecule has 86 valence electrons. The summed E-state index contributed by atoms with van der Waals surface area (Å²) in [6.45, 7) is 0. The first kappa shape index (κ1) is 11.5. The van der Waals surface area contributed by atoms with Crippen LogP contribution in [-0.2, 0) is 0 Å². The molecule has 0 saturated heterocycles. The third-order valence-electron chi connectivity index (χ3n) is 1.97. The van der Waals surface area contributed by atoms with Crippen molar-refractivity contribution in [1.82, 2.24) is 9.97 Å². The Morgan fingerprint density at radius 3 is 2.76 bits per heavy atom. The van der Waals surface area contributed by atoms with E-state index in [9.17, 15) is 9.18 Å². The van der Waals surface area contributed by atoms with E-state index < -0.39 is 5.95 Å². The molecule has 2 aromatic heterocycles. The maximum absolute atomic E-state index is 12.6. The molecule has 0 aromatic carbocycles. The number of carbonyl (C=O) groups is 1. The number of hydrogen-bond donors (Lipinski definition) is 1. The topological polar surface area (TPSA) is 54.9 Å². The van der Waals surface area contributed by atoms with Gasteiger partial charge in [0, 0.05) is 18.1 Å². The van der Waals surface area contributed by atoms with E-state index >= 15 is 0 Å². The second-order valence-corrected chi connectivity index (χ2v) is 3.58.